The monoisotopic (exact) mass is 293 g/mol. The third-order valence-electron chi connectivity index (χ3n) is 3.25. The highest BCUT2D eigenvalue weighted by Crippen LogP contribution is 2.13. The van der Waals surface area contributed by atoms with E-state index in [0.29, 0.717) is 12.3 Å². The molecule has 0 aromatic carbocycles. The van der Waals surface area contributed by atoms with Gasteiger partial charge in [0, 0.05) is 19.7 Å². The van der Waals surface area contributed by atoms with E-state index in [-0.39, 0.29) is 18.1 Å². The number of unbranched alkanes of at least 4 members (excludes halogenated alkanes) is 1. The lowest BCUT2D eigenvalue weighted by molar-refractivity contribution is 0.388. The quantitative estimate of drug-likeness (QED) is 0.804. The summed E-state index contributed by atoms with van der Waals surface area (Å²) in [6, 6.07) is 1.68. The van der Waals surface area contributed by atoms with Crippen LogP contribution in [0.25, 0.3) is 0 Å². The maximum atomic E-state index is 12.2. The number of nitrogens with zero attached hydrogens (tertiary/aromatic N) is 3. The molecule has 2 aromatic heterocycles. The van der Waals surface area contributed by atoms with Gasteiger partial charge in [0.05, 0.1) is 12.7 Å². The van der Waals surface area contributed by atoms with E-state index >= 15 is 0 Å². The summed E-state index contributed by atoms with van der Waals surface area (Å²) in [4.78, 5) is 24.2. The van der Waals surface area contributed by atoms with Crippen molar-refractivity contribution < 1.29 is 4.52 Å². The minimum Gasteiger partial charge on any atom is -0.383 e. The molecule has 0 saturated heterocycles. The molecule has 0 amide bonds. The first-order valence-corrected chi connectivity index (χ1v) is 6.79. The molecule has 2 heterocycles. The average molecular weight is 293 g/mol. The maximum Gasteiger partial charge on any atom is 0.332 e. The fourth-order valence-corrected chi connectivity index (χ4v) is 1.99. The van der Waals surface area contributed by atoms with Gasteiger partial charge in [-0.1, -0.05) is 18.5 Å². The molecule has 0 unspecified atom stereocenters. The molecule has 3 N–H and O–H groups in total. The largest absolute Gasteiger partial charge is 0.383 e. The molecule has 8 nitrogen and oxygen atoms in total. The van der Waals surface area contributed by atoms with Crippen LogP contribution in [0.1, 0.15) is 25.5 Å². The topological polar surface area (TPSA) is 108 Å². The molecule has 21 heavy (non-hydrogen) atoms. The molecule has 0 atom stereocenters. The molecule has 0 bridgehead atoms. The molecule has 0 radical (unpaired) electrons. The molecule has 114 valence electrons. The third-order valence-corrected chi connectivity index (χ3v) is 3.25. The number of anilines is 2. The van der Waals surface area contributed by atoms with E-state index in [1.54, 1.807) is 6.07 Å². The standard InChI is InChI=1S/C13H19N5O3/c1-3-4-7-18-11(14)10(12(19)17(2)13(18)20)15-8-9-5-6-16-21-9/h5-6,15H,3-4,7-8,14H2,1-2H3. The zero-order valence-corrected chi connectivity index (χ0v) is 12.1. The number of hydrogen-bond acceptors (Lipinski definition) is 6. The van der Waals surface area contributed by atoms with E-state index in [1.807, 2.05) is 6.92 Å². The molecule has 0 aliphatic rings. The van der Waals surface area contributed by atoms with Crippen LogP contribution >= 0.6 is 0 Å². The average Bonchev–Trinajstić information content (AvgIpc) is 2.98. The van der Waals surface area contributed by atoms with Gasteiger partial charge in [-0.15, -0.1) is 0 Å². The highest BCUT2D eigenvalue weighted by molar-refractivity contribution is 5.60. The minimum absolute atomic E-state index is 0.149. The second-order valence-corrected chi connectivity index (χ2v) is 4.74. The van der Waals surface area contributed by atoms with Gasteiger partial charge in [0.1, 0.15) is 11.5 Å². The summed E-state index contributed by atoms with van der Waals surface area (Å²) in [6.45, 7) is 2.77. The predicted molar refractivity (Wildman–Crippen MR) is 79.1 cm³/mol. The minimum atomic E-state index is -0.454. The molecular weight excluding hydrogens is 274 g/mol. The summed E-state index contributed by atoms with van der Waals surface area (Å²) in [5.74, 6) is 0.721. The Kier molecular flexibility index (Phi) is 4.46. The van der Waals surface area contributed by atoms with E-state index in [2.05, 4.69) is 10.5 Å². The summed E-state index contributed by atoms with van der Waals surface area (Å²) < 4.78 is 7.41. The van der Waals surface area contributed by atoms with E-state index in [4.69, 9.17) is 10.3 Å². The molecule has 0 aliphatic heterocycles. The van der Waals surface area contributed by atoms with Crippen LogP contribution < -0.4 is 22.3 Å². The number of aromatic nitrogens is 3. The zero-order valence-electron chi connectivity index (χ0n) is 12.1. The number of nitrogen functional groups attached to an aromatic ring is 1. The summed E-state index contributed by atoms with van der Waals surface area (Å²) in [7, 11) is 1.44. The van der Waals surface area contributed by atoms with Crippen molar-refractivity contribution >= 4 is 11.5 Å². The maximum absolute atomic E-state index is 12.2. The van der Waals surface area contributed by atoms with Crippen molar-refractivity contribution in [1.29, 1.82) is 0 Å². The Morgan fingerprint density at radius 3 is 2.81 bits per heavy atom. The lowest BCUT2D eigenvalue weighted by atomic mass is 10.3. The van der Waals surface area contributed by atoms with Gasteiger partial charge < -0.3 is 15.6 Å². The van der Waals surface area contributed by atoms with Crippen LogP contribution in [0.5, 0.6) is 0 Å². The van der Waals surface area contributed by atoms with Gasteiger partial charge in [0.25, 0.3) is 5.56 Å². The highest BCUT2D eigenvalue weighted by atomic mass is 16.5. The Morgan fingerprint density at radius 2 is 2.19 bits per heavy atom. The van der Waals surface area contributed by atoms with Gasteiger partial charge in [0.2, 0.25) is 0 Å². The summed E-state index contributed by atoms with van der Waals surface area (Å²) >= 11 is 0. The number of rotatable bonds is 6. The Hall–Kier alpha value is -2.51. The van der Waals surface area contributed by atoms with Crippen LogP contribution in [-0.2, 0) is 20.1 Å². The third kappa shape index (κ3) is 2.99. The van der Waals surface area contributed by atoms with Crippen molar-refractivity contribution in [3.05, 3.63) is 38.9 Å². The van der Waals surface area contributed by atoms with Gasteiger partial charge in [-0.3, -0.25) is 13.9 Å². The Morgan fingerprint density at radius 1 is 1.43 bits per heavy atom. The van der Waals surface area contributed by atoms with E-state index in [0.717, 1.165) is 17.4 Å². The summed E-state index contributed by atoms with van der Waals surface area (Å²) in [5.41, 5.74) is 5.31. The normalized spacial score (nSPS) is 10.8. The first kappa shape index (κ1) is 14.9. The second kappa shape index (κ2) is 6.29. The lowest BCUT2D eigenvalue weighted by Crippen LogP contribution is -2.40. The van der Waals surface area contributed by atoms with Gasteiger partial charge in [0.15, 0.2) is 5.76 Å². The fourth-order valence-electron chi connectivity index (χ4n) is 1.99. The number of nitrogens with two attached hydrogens (primary N) is 1. The Labute approximate surface area is 121 Å². The van der Waals surface area contributed by atoms with E-state index in [9.17, 15) is 9.59 Å². The predicted octanol–water partition coefficient (Wildman–Crippen LogP) is 0.529. The van der Waals surface area contributed by atoms with Gasteiger partial charge in [-0.25, -0.2) is 4.79 Å². The van der Waals surface area contributed by atoms with Crippen molar-refractivity contribution in [2.24, 2.45) is 7.05 Å². The summed E-state index contributed by atoms with van der Waals surface area (Å²) in [6.07, 6.45) is 3.25. The van der Waals surface area contributed by atoms with Crippen molar-refractivity contribution in [1.82, 2.24) is 14.3 Å². The van der Waals surface area contributed by atoms with E-state index in [1.165, 1.54) is 17.8 Å². The molecule has 0 fully saturated rings. The molecule has 0 aliphatic carbocycles. The Balaban J connectivity index is 2.37. The number of nitrogens with one attached hydrogen (secondary N) is 1. The molecule has 8 heteroatoms. The van der Waals surface area contributed by atoms with Crippen molar-refractivity contribution in [3.8, 4) is 0 Å². The van der Waals surface area contributed by atoms with Crippen LogP contribution in [0.15, 0.2) is 26.4 Å². The van der Waals surface area contributed by atoms with Gasteiger partial charge in [-0.2, -0.15) is 0 Å². The van der Waals surface area contributed by atoms with Crippen molar-refractivity contribution in [3.63, 3.8) is 0 Å². The lowest BCUT2D eigenvalue weighted by Gasteiger charge is -2.15. The van der Waals surface area contributed by atoms with Crippen LogP contribution in [0, 0.1) is 0 Å². The molecule has 2 rings (SSSR count). The molecule has 0 spiro atoms. The smallest absolute Gasteiger partial charge is 0.332 e. The molecule has 0 saturated carbocycles. The first-order chi connectivity index (χ1) is 10.1. The van der Waals surface area contributed by atoms with Crippen LogP contribution in [0.4, 0.5) is 11.5 Å². The first-order valence-electron chi connectivity index (χ1n) is 6.79. The SMILES string of the molecule is CCCCn1c(N)c(NCc2ccno2)c(=O)n(C)c1=O. The Bertz CT molecular complexity index is 715. The van der Waals surface area contributed by atoms with E-state index < -0.39 is 11.2 Å². The number of hydrogen-bond donors (Lipinski definition) is 2. The van der Waals surface area contributed by atoms with Crippen LogP contribution in [-0.4, -0.2) is 14.3 Å². The van der Waals surface area contributed by atoms with Gasteiger partial charge in [-0.05, 0) is 6.42 Å². The zero-order chi connectivity index (χ0) is 15.4. The van der Waals surface area contributed by atoms with Crippen molar-refractivity contribution in [2.75, 3.05) is 11.1 Å². The second-order valence-electron chi connectivity index (χ2n) is 4.74. The van der Waals surface area contributed by atoms with Gasteiger partial charge >= 0.3 is 5.69 Å². The summed E-state index contributed by atoms with van der Waals surface area (Å²) in [5, 5.41) is 6.50. The van der Waals surface area contributed by atoms with Crippen LogP contribution in [0.2, 0.25) is 0 Å². The molecule has 2 aromatic rings. The fraction of sp³-hybridized carbons (Fsp3) is 0.462. The molecular formula is C13H19N5O3. The highest BCUT2D eigenvalue weighted by Gasteiger charge is 2.15. The van der Waals surface area contributed by atoms with Crippen molar-refractivity contribution in [2.45, 2.75) is 32.9 Å². The van der Waals surface area contributed by atoms with Crippen LogP contribution in [0.3, 0.4) is 0 Å².